The Morgan fingerprint density at radius 2 is 2.25 bits per heavy atom. The van der Waals surface area contributed by atoms with Crippen LogP contribution in [0.1, 0.15) is 35.5 Å². The molecule has 1 saturated heterocycles. The first kappa shape index (κ1) is 11.1. The number of likely N-dealkylation sites (tertiary alicyclic amines) is 1. The second-order valence-corrected chi connectivity index (χ2v) is 4.06. The molecule has 2 heterocycles. The van der Waals surface area contributed by atoms with Crippen LogP contribution in [0.15, 0.2) is 10.6 Å². The molecule has 0 aromatic carbocycles. The van der Waals surface area contributed by atoms with Crippen LogP contribution in [0.4, 0.5) is 0 Å². The Labute approximate surface area is 94.8 Å². The van der Waals surface area contributed by atoms with Gasteiger partial charge in [0, 0.05) is 19.2 Å². The van der Waals surface area contributed by atoms with Crippen LogP contribution in [0, 0.1) is 0 Å². The van der Waals surface area contributed by atoms with E-state index in [4.69, 9.17) is 4.52 Å². The minimum absolute atomic E-state index is 0.00852. The van der Waals surface area contributed by atoms with E-state index in [1.165, 1.54) is 6.42 Å². The van der Waals surface area contributed by atoms with Crippen molar-refractivity contribution in [2.75, 3.05) is 20.1 Å². The molecule has 0 saturated carbocycles. The number of aromatic nitrogens is 1. The third kappa shape index (κ3) is 2.41. The van der Waals surface area contributed by atoms with Crippen molar-refractivity contribution in [3.63, 3.8) is 0 Å². The third-order valence-electron chi connectivity index (χ3n) is 2.77. The fraction of sp³-hybridized carbons (Fsp3) is 0.636. The molecule has 0 bridgehead atoms. The SMILES string of the molecule is CNCc1cc(C(=O)N2CCCCC2)no1. The Morgan fingerprint density at radius 3 is 2.94 bits per heavy atom. The van der Waals surface area contributed by atoms with Gasteiger partial charge in [-0.2, -0.15) is 0 Å². The summed E-state index contributed by atoms with van der Waals surface area (Å²) in [5, 5.41) is 6.76. The van der Waals surface area contributed by atoms with E-state index in [1.807, 2.05) is 11.9 Å². The maximum atomic E-state index is 12.0. The largest absolute Gasteiger partial charge is 0.359 e. The highest BCUT2D eigenvalue weighted by atomic mass is 16.5. The number of hydrogen-bond acceptors (Lipinski definition) is 4. The summed E-state index contributed by atoms with van der Waals surface area (Å²) in [5.41, 5.74) is 0.423. The molecular weight excluding hydrogens is 206 g/mol. The van der Waals surface area contributed by atoms with E-state index in [9.17, 15) is 4.79 Å². The topological polar surface area (TPSA) is 58.4 Å². The second-order valence-electron chi connectivity index (χ2n) is 4.06. The van der Waals surface area contributed by atoms with Crippen LogP contribution >= 0.6 is 0 Å². The number of carbonyl (C=O) groups is 1. The number of hydrogen-bond donors (Lipinski definition) is 1. The number of nitrogens with one attached hydrogen (secondary N) is 1. The van der Waals surface area contributed by atoms with E-state index in [2.05, 4.69) is 10.5 Å². The van der Waals surface area contributed by atoms with Gasteiger partial charge in [-0.1, -0.05) is 5.16 Å². The Morgan fingerprint density at radius 1 is 1.50 bits per heavy atom. The predicted molar refractivity (Wildman–Crippen MR) is 59.0 cm³/mol. The first-order chi connectivity index (χ1) is 7.81. The molecule has 1 aromatic heterocycles. The van der Waals surface area contributed by atoms with Gasteiger partial charge in [0.05, 0.1) is 6.54 Å². The van der Waals surface area contributed by atoms with Crippen LogP contribution in [0.25, 0.3) is 0 Å². The number of rotatable bonds is 3. The summed E-state index contributed by atoms with van der Waals surface area (Å²) >= 11 is 0. The lowest BCUT2D eigenvalue weighted by Crippen LogP contribution is -2.35. The summed E-state index contributed by atoms with van der Waals surface area (Å²) in [6.07, 6.45) is 3.40. The molecular formula is C11H17N3O2. The maximum Gasteiger partial charge on any atom is 0.276 e. The van der Waals surface area contributed by atoms with E-state index in [1.54, 1.807) is 6.07 Å². The summed E-state index contributed by atoms with van der Waals surface area (Å²) in [7, 11) is 1.83. The van der Waals surface area contributed by atoms with Crippen LogP contribution in [-0.4, -0.2) is 36.1 Å². The molecule has 0 spiro atoms. The standard InChI is InChI=1S/C11H17N3O2/c1-12-8-9-7-10(13-16-9)11(15)14-5-3-2-4-6-14/h7,12H,2-6,8H2,1H3. The third-order valence-corrected chi connectivity index (χ3v) is 2.77. The Bertz CT molecular complexity index is 356. The van der Waals surface area contributed by atoms with Crippen molar-refractivity contribution in [1.82, 2.24) is 15.4 Å². The van der Waals surface area contributed by atoms with E-state index in [0.717, 1.165) is 25.9 Å². The highest BCUT2D eigenvalue weighted by molar-refractivity contribution is 5.92. The average molecular weight is 223 g/mol. The molecule has 0 unspecified atom stereocenters. The van der Waals surface area contributed by atoms with Gasteiger partial charge in [-0.25, -0.2) is 0 Å². The molecule has 1 aliphatic rings. The number of amides is 1. The van der Waals surface area contributed by atoms with Gasteiger partial charge in [0.25, 0.3) is 5.91 Å². The summed E-state index contributed by atoms with van der Waals surface area (Å²) in [5.74, 6) is 0.689. The molecule has 1 fully saturated rings. The van der Waals surface area contributed by atoms with Crippen LogP contribution < -0.4 is 5.32 Å². The quantitative estimate of drug-likeness (QED) is 0.831. The van der Waals surface area contributed by atoms with Crippen molar-refractivity contribution in [3.05, 3.63) is 17.5 Å². The normalized spacial score (nSPS) is 16.4. The molecule has 2 rings (SSSR count). The number of piperidine rings is 1. The lowest BCUT2D eigenvalue weighted by atomic mass is 10.1. The van der Waals surface area contributed by atoms with Gasteiger partial charge < -0.3 is 14.7 Å². The van der Waals surface area contributed by atoms with Crippen LogP contribution in [0.5, 0.6) is 0 Å². The number of carbonyl (C=O) groups excluding carboxylic acids is 1. The molecule has 88 valence electrons. The van der Waals surface area contributed by atoms with E-state index in [-0.39, 0.29) is 5.91 Å². The highest BCUT2D eigenvalue weighted by Gasteiger charge is 2.21. The molecule has 1 N–H and O–H groups in total. The van der Waals surface area contributed by atoms with E-state index < -0.39 is 0 Å². The molecule has 1 aliphatic heterocycles. The van der Waals surface area contributed by atoms with Crippen molar-refractivity contribution in [3.8, 4) is 0 Å². The first-order valence-corrected chi connectivity index (χ1v) is 5.70. The molecule has 0 aliphatic carbocycles. The van der Waals surface area contributed by atoms with Crippen molar-refractivity contribution in [2.45, 2.75) is 25.8 Å². The Balaban J connectivity index is 2.01. The summed E-state index contributed by atoms with van der Waals surface area (Å²) < 4.78 is 5.06. The van der Waals surface area contributed by atoms with E-state index >= 15 is 0 Å². The molecule has 5 nitrogen and oxygen atoms in total. The molecule has 1 aromatic rings. The fourth-order valence-electron chi connectivity index (χ4n) is 1.93. The van der Waals surface area contributed by atoms with Gasteiger partial charge in [0.2, 0.25) is 0 Å². The molecule has 0 radical (unpaired) electrons. The van der Waals surface area contributed by atoms with Crippen LogP contribution in [-0.2, 0) is 6.54 Å². The zero-order valence-corrected chi connectivity index (χ0v) is 9.53. The lowest BCUT2D eigenvalue weighted by Gasteiger charge is -2.25. The van der Waals surface area contributed by atoms with Gasteiger partial charge in [-0.05, 0) is 26.3 Å². The molecule has 1 amide bonds. The monoisotopic (exact) mass is 223 g/mol. The summed E-state index contributed by atoms with van der Waals surface area (Å²) in [6.45, 7) is 2.28. The van der Waals surface area contributed by atoms with Gasteiger partial charge in [-0.3, -0.25) is 4.79 Å². The van der Waals surface area contributed by atoms with Crippen molar-refractivity contribution >= 4 is 5.91 Å². The van der Waals surface area contributed by atoms with Crippen LogP contribution in [0.2, 0.25) is 0 Å². The van der Waals surface area contributed by atoms with E-state index in [0.29, 0.717) is 18.0 Å². The van der Waals surface area contributed by atoms with Gasteiger partial charge in [-0.15, -0.1) is 0 Å². The maximum absolute atomic E-state index is 12.0. The predicted octanol–water partition coefficient (Wildman–Crippen LogP) is 1.02. The average Bonchev–Trinajstić information content (AvgIpc) is 2.78. The molecule has 0 atom stereocenters. The summed E-state index contributed by atoms with van der Waals surface area (Å²) in [4.78, 5) is 13.9. The Hall–Kier alpha value is -1.36. The minimum atomic E-state index is -0.00852. The second kappa shape index (κ2) is 5.12. The lowest BCUT2D eigenvalue weighted by molar-refractivity contribution is 0.0714. The smallest absolute Gasteiger partial charge is 0.276 e. The first-order valence-electron chi connectivity index (χ1n) is 5.70. The molecule has 5 heteroatoms. The zero-order chi connectivity index (χ0) is 11.4. The molecule has 16 heavy (non-hydrogen) atoms. The minimum Gasteiger partial charge on any atom is -0.359 e. The van der Waals surface area contributed by atoms with Gasteiger partial charge in [0.1, 0.15) is 0 Å². The zero-order valence-electron chi connectivity index (χ0n) is 9.53. The number of nitrogens with zero attached hydrogens (tertiary/aromatic N) is 2. The summed E-state index contributed by atoms with van der Waals surface area (Å²) in [6, 6.07) is 1.72. The van der Waals surface area contributed by atoms with Gasteiger partial charge in [0.15, 0.2) is 11.5 Å². The van der Waals surface area contributed by atoms with Crippen molar-refractivity contribution < 1.29 is 9.32 Å². The highest BCUT2D eigenvalue weighted by Crippen LogP contribution is 2.13. The van der Waals surface area contributed by atoms with Crippen LogP contribution in [0.3, 0.4) is 0 Å². The Kier molecular flexibility index (Phi) is 3.56. The van der Waals surface area contributed by atoms with Gasteiger partial charge >= 0.3 is 0 Å². The van der Waals surface area contributed by atoms with Crippen molar-refractivity contribution in [1.29, 1.82) is 0 Å². The fourth-order valence-corrected chi connectivity index (χ4v) is 1.93. The van der Waals surface area contributed by atoms with Crippen molar-refractivity contribution in [2.24, 2.45) is 0 Å².